The molecule has 2 heterocycles. The third-order valence-electron chi connectivity index (χ3n) is 7.09. The van der Waals surface area contributed by atoms with Crippen LogP contribution in [-0.4, -0.2) is 56.4 Å². The number of benzene rings is 1. The van der Waals surface area contributed by atoms with Gasteiger partial charge in [0.05, 0.1) is 18.9 Å². The minimum atomic E-state index is -4.13. The molecule has 1 saturated heterocycles. The Morgan fingerprint density at radius 1 is 1.09 bits per heavy atom. The highest BCUT2D eigenvalue weighted by molar-refractivity contribution is 7.90. The summed E-state index contributed by atoms with van der Waals surface area (Å²) in [7, 11) is 1.42. The molecule has 0 spiro atoms. The Morgan fingerprint density at radius 3 is 2.25 bits per heavy atom. The smallest absolute Gasteiger partial charge is 0.333 e. The van der Waals surface area contributed by atoms with E-state index >= 15 is 0 Å². The molecule has 3 aliphatic rings. The SMILES string of the molecule is CN(C)C1(c2cc(S(=O)(=O)NC(=O)Nc3c4c(cc5c3CCC5)CCC4)nn2C)COC1. The molecule has 9 nitrogen and oxygen atoms in total. The van der Waals surface area contributed by atoms with Crippen LogP contribution in [0.4, 0.5) is 10.5 Å². The van der Waals surface area contributed by atoms with Crippen molar-refractivity contribution in [2.24, 2.45) is 7.05 Å². The summed E-state index contributed by atoms with van der Waals surface area (Å²) in [6, 6.07) is 3.04. The molecule has 0 unspecified atom stereocenters. The summed E-state index contributed by atoms with van der Waals surface area (Å²) in [5.74, 6) is 0. The number of amides is 2. The Labute approximate surface area is 188 Å². The lowest BCUT2D eigenvalue weighted by Crippen LogP contribution is -2.57. The van der Waals surface area contributed by atoms with Crippen molar-refractivity contribution < 1.29 is 17.9 Å². The summed E-state index contributed by atoms with van der Waals surface area (Å²) in [4.78, 5) is 14.8. The molecular weight excluding hydrogens is 430 g/mol. The third kappa shape index (κ3) is 3.32. The van der Waals surface area contributed by atoms with E-state index < -0.39 is 21.6 Å². The molecule has 0 saturated carbocycles. The van der Waals surface area contributed by atoms with Crippen LogP contribution >= 0.6 is 0 Å². The van der Waals surface area contributed by atoms with Gasteiger partial charge in [-0.1, -0.05) is 6.07 Å². The van der Waals surface area contributed by atoms with Gasteiger partial charge >= 0.3 is 6.03 Å². The Bertz CT molecular complexity index is 1170. The zero-order chi connectivity index (χ0) is 22.7. The van der Waals surface area contributed by atoms with Crippen molar-refractivity contribution in [3.8, 4) is 0 Å². The molecule has 1 fully saturated rings. The van der Waals surface area contributed by atoms with E-state index in [0.717, 1.165) is 61.0 Å². The van der Waals surface area contributed by atoms with Crippen LogP contribution in [0.25, 0.3) is 0 Å². The van der Waals surface area contributed by atoms with Gasteiger partial charge in [0.1, 0.15) is 5.54 Å². The van der Waals surface area contributed by atoms with Crippen LogP contribution in [0, 0.1) is 0 Å². The molecule has 172 valence electrons. The van der Waals surface area contributed by atoms with Crippen LogP contribution in [0.15, 0.2) is 17.2 Å². The molecule has 10 heteroatoms. The predicted octanol–water partition coefficient (Wildman–Crippen LogP) is 1.70. The van der Waals surface area contributed by atoms with E-state index in [0.29, 0.717) is 13.2 Å². The van der Waals surface area contributed by atoms with E-state index in [1.54, 1.807) is 11.7 Å². The molecule has 32 heavy (non-hydrogen) atoms. The second-order valence-electron chi connectivity index (χ2n) is 9.20. The largest absolute Gasteiger partial charge is 0.377 e. The lowest BCUT2D eigenvalue weighted by Gasteiger charge is -2.46. The summed E-state index contributed by atoms with van der Waals surface area (Å²) in [6.45, 7) is 0.911. The fourth-order valence-electron chi connectivity index (χ4n) is 5.22. The Kier molecular flexibility index (Phi) is 5.06. The fourth-order valence-corrected chi connectivity index (χ4v) is 6.12. The number of aryl methyl sites for hydroxylation is 3. The van der Waals surface area contributed by atoms with Gasteiger partial charge in [0, 0.05) is 18.8 Å². The number of nitrogens with one attached hydrogen (secondary N) is 2. The number of rotatable bonds is 5. The molecule has 5 rings (SSSR count). The highest BCUT2D eigenvalue weighted by Crippen LogP contribution is 2.39. The van der Waals surface area contributed by atoms with Gasteiger partial charge in [0.15, 0.2) is 5.03 Å². The number of likely N-dealkylation sites (N-methyl/N-ethyl adjacent to an activating group) is 1. The van der Waals surface area contributed by atoms with Crippen molar-refractivity contribution in [3.05, 3.63) is 40.1 Å². The van der Waals surface area contributed by atoms with Crippen molar-refractivity contribution in [2.75, 3.05) is 32.6 Å². The Hall–Kier alpha value is -2.43. The lowest BCUT2D eigenvalue weighted by molar-refractivity contribution is -0.134. The van der Waals surface area contributed by atoms with Crippen molar-refractivity contribution in [2.45, 2.75) is 49.1 Å². The third-order valence-corrected chi connectivity index (χ3v) is 8.29. The van der Waals surface area contributed by atoms with Crippen molar-refractivity contribution in [3.63, 3.8) is 0 Å². The zero-order valence-corrected chi connectivity index (χ0v) is 19.5. The maximum Gasteiger partial charge on any atom is 0.333 e. The van der Waals surface area contributed by atoms with Crippen LogP contribution < -0.4 is 10.0 Å². The molecule has 1 aromatic carbocycles. The van der Waals surface area contributed by atoms with Crippen LogP contribution in [0.3, 0.4) is 0 Å². The molecule has 0 radical (unpaired) electrons. The second kappa shape index (κ2) is 7.57. The number of hydrogen-bond donors (Lipinski definition) is 2. The van der Waals surface area contributed by atoms with Crippen LogP contribution in [0.2, 0.25) is 0 Å². The molecule has 2 aliphatic carbocycles. The summed E-state index contributed by atoms with van der Waals surface area (Å²) >= 11 is 0. The number of carbonyl (C=O) groups excluding carboxylic acids is 1. The standard InChI is InChI=1S/C22H29N5O4S/c1-26(2)22(12-31-13-22)18-11-19(24-27(18)3)32(29,30)25-21(28)23-20-16-8-4-6-14(16)10-15-7-5-9-17(15)20/h10-11H,4-9,12-13H2,1-3H3,(H2,23,25,28). The summed E-state index contributed by atoms with van der Waals surface area (Å²) in [6.07, 6.45) is 5.94. The number of hydrogen-bond acceptors (Lipinski definition) is 6. The average molecular weight is 460 g/mol. The first-order chi connectivity index (χ1) is 15.2. The molecule has 2 amide bonds. The number of fused-ring (bicyclic) bond motifs is 2. The Morgan fingerprint density at radius 2 is 1.72 bits per heavy atom. The normalized spacial score (nSPS) is 18.9. The molecule has 2 aromatic rings. The van der Waals surface area contributed by atoms with Gasteiger partial charge in [-0.3, -0.25) is 9.58 Å². The minimum Gasteiger partial charge on any atom is -0.377 e. The van der Waals surface area contributed by atoms with Crippen molar-refractivity contribution in [1.82, 2.24) is 19.4 Å². The number of anilines is 1. The Balaban J connectivity index is 1.39. The highest BCUT2D eigenvalue weighted by atomic mass is 32.2. The molecule has 0 atom stereocenters. The van der Waals surface area contributed by atoms with Gasteiger partial charge in [0.2, 0.25) is 0 Å². The van der Waals surface area contributed by atoms with Gasteiger partial charge in [-0.05, 0) is 74.9 Å². The number of nitrogens with zero attached hydrogens (tertiary/aromatic N) is 3. The quantitative estimate of drug-likeness (QED) is 0.705. The molecule has 2 N–H and O–H groups in total. The average Bonchev–Trinajstić information content (AvgIpc) is 3.40. The van der Waals surface area contributed by atoms with E-state index in [9.17, 15) is 13.2 Å². The van der Waals surface area contributed by atoms with Gasteiger partial charge in [-0.15, -0.1) is 0 Å². The number of ether oxygens (including phenoxy) is 1. The van der Waals surface area contributed by atoms with E-state index in [1.807, 2.05) is 19.0 Å². The van der Waals surface area contributed by atoms with Crippen LogP contribution in [0.5, 0.6) is 0 Å². The van der Waals surface area contributed by atoms with Crippen LogP contribution in [0.1, 0.15) is 40.8 Å². The van der Waals surface area contributed by atoms with Crippen molar-refractivity contribution in [1.29, 1.82) is 0 Å². The zero-order valence-electron chi connectivity index (χ0n) is 18.7. The second-order valence-corrected chi connectivity index (χ2v) is 10.8. The van der Waals surface area contributed by atoms with E-state index in [1.165, 1.54) is 17.2 Å². The maximum atomic E-state index is 13.0. The van der Waals surface area contributed by atoms with Gasteiger partial charge in [0.25, 0.3) is 10.0 Å². The monoisotopic (exact) mass is 459 g/mol. The minimum absolute atomic E-state index is 0.179. The van der Waals surface area contributed by atoms with E-state index in [2.05, 4.69) is 21.2 Å². The number of aromatic nitrogens is 2. The van der Waals surface area contributed by atoms with Gasteiger partial charge < -0.3 is 10.1 Å². The van der Waals surface area contributed by atoms with Crippen molar-refractivity contribution >= 4 is 21.7 Å². The van der Waals surface area contributed by atoms with Crippen LogP contribution in [-0.2, 0) is 53.0 Å². The predicted molar refractivity (Wildman–Crippen MR) is 119 cm³/mol. The number of sulfonamides is 1. The van der Waals surface area contributed by atoms with Gasteiger partial charge in [-0.2, -0.15) is 13.5 Å². The van der Waals surface area contributed by atoms with Gasteiger partial charge in [-0.25, -0.2) is 9.52 Å². The maximum absolute atomic E-state index is 13.0. The highest BCUT2D eigenvalue weighted by Gasteiger charge is 2.45. The summed E-state index contributed by atoms with van der Waals surface area (Å²) in [5, 5.41) is 6.88. The van der Waals surface area contributed by atoms with E-state index in [-0.39, 0.29) is 5.03 Å². The van der Waals surface area contributed by atoms with E-state index in [4.69, 9.17) is 4.74 Å². The number of urea groups is 1. The molecule has 1 aromatic heterocycles. The molecular formula is C22H29N5O4S. The first-order valence-corrected chi connectivity index (χ1v) is 12.5. The molecule has 1 aliphatic heterocycles. The first kappa shape index (κ1) is 21.4. The lowest BCUT2D eigenvalue weighted by atomic mass is 9.91. The summed E-state index contributed by atoms with van der Waals surface area (Å²) in [5.41, 5.74) is 5.95. The summed E-state index contributed by atoms with van der Waals surface area (Å²) < 4.78 is 35.1. The first-order valence-electron chi connectivity index (χ1n) is 11.0. The number of carbonyl (C=O) groups is 1. The molecule has 0 bridgehead atoms. The fraction of sp³-hybridized carbons (Fsp3) is 0.545. The topological polar surface area (TPSA) is 106 Å².